The highest BCUT2D eigenvalue weighted by Gasteiger charge is 2.14. The summed E-state index contributed by atoms with van der Waals surface area (Å²) in [5, 5.41) is 2.64. The van der Waals surface area contributed by atoms with Crippen LogP contribution in [0.15, 0.2) is 22.8 Å². The third-order valence-corrected chi connectivity index (χ3v) is 3.23. The first-order valence-corrected chi connectivity index (χ1v) is 6.59. The summed E-state index contributed by atoms with van der Waals surface area (Å²) < 4.78 is 10.2. The topological polar surface area (TPSA) is 112 Å². The average Bonchev–Trinajstić information content (AvgIpc) is 2.79. The number of fused-ring (bicyclic) bond motifs is 1. The molecule has 0 aliphatic carbocycles. The number of esters is 1. The van der Waals surface area contributed by atoms with E-state index in [0.29, 0.717) is 11.1 Å². The van der Waals surface area contributed by atoms with Gasteiger partial charge in [-0.15, -0.1) is 0 Å². The number of urea groups is 1. The zero-order valence-electron chi connectivity index (χ0n) is 12.3. The predicted molar refractivity (Wildman–Crippen MR) is 78.1 cm³/mol. The number of benzene rings is 1. The minimum absolute atomic E-state index is 0.0284. The van der Waals surface area contributed by atoms with Gasteiger partial charge in [-0.1, -0.05) is 0 Å². The highest BCUT2D eigenvalue weighted by Crippen LogP contribution is 2.25. The van der Waals surface area contributed by atoms with Crippen LogP contribution in [0.3, 0.4) is 0 Å². The van der Waals surface area contributed by atoms with Crippen molar-refractivity contribution in [1.82, 2.24) is 5.32 Å². The summed E-state index contributed by atoms with van der Waals surface area (Å²) >= 11 is 0. The van der Waals surface area contributed by atoms with Crippen LogP contribution in [0.25, 0.3) is 11.0 Å². The summed E-state index contributed by atoms with van der Waals surface area (Å²) in [6.07, 6.45) is 1.47. The molecule has 7 nitrogen and oxygen atoms in total. The number of ether oxygens (including phenoxy) is 1. The van der Waals surface area contributed by atoms with Crippen LogP contribution in [0.1, 0.15) is 16.7 Å². The van der Waals surface area contributed by atoms with Crippen LogP contribution in [-0.2, 0) is 20.7 Å². The number of primary amides is 1. The number of hydrogen-bond acceptors (Lipinski definition) is 5. The standard InChI is InChI=1S/C15H16N2O5/c1-8-3-11-10(6-21-12(11)4-9(8)2)5-14(19)22-7-13(18)17-15(16)20/h3-4,6H,5,7H2,1-2H3,(H3,16,17,18,20). The second-order valence-electron chi connectivity index (χ2n) is 4.94. The van der Waals surface area contributed by atoms with Gasteiger partial charge in [-0.3, -0.25) is 14.9 Å². The fraction of sp³-hybridized carbons (Fsp3) is 0.267. The molecule has 3 amide bonds. The molecule has 0 radical (unpaired) electrons. The number of carbonyl (C=O) groups excluding carboxylic acids is 3. The van der Waals surface area contributed by atoms with Crippen LogP contribution >= 0.6 is 0 Å². The number of hydrogen-bond donors (Lipinski definition) is 2. The molecule has 0 saturated carbocycles. The smallest absolute Gasteiger partial charge is 0.318 e. The third-order valence-electron chi connectivity index (χ3n) is 3.23. The van der Waals surface area contributed by atoms with Gasteiger partial charge in [-0.05, 0) is 37.1 Å². The lowest BCUT2D eigenvalue weighted by molar-refractivity contribution is -0.147. The van der Waals surface area contributed by atoms with Crippen molar-refractivity contribution in [3.05, 3.63) is 35.1 Å². The molecule has 0 unspecified atom stereocenters. The zero-order chi connectivity index (χ0) is 16.3. The maximum absolute atomic E-state index is 11.7. The highest BCUT2D eigenvalue weighted by molar-refractivity contribution is 5.95. The van der Waals surface area contributed by atoms with E-state index in [-0.39, 0.29) is 6.42 Å². The van der Waals surface area contributed by atoms with Gasteiger partial charge in [-0.25, -0.2) is 4.79 Å². The summed E-state index contributed by atoms with van der Waals surface area (Å²) in [6, 6.07) is 2.85. The maximum atomic E-state index is 11.7. The van der Waals surface area contributed by atoms with Crippen molar-refractivity contribution in [2.75, 3.05) is 6.61 Å². The maximum Gasteiger partial charge on any atom is 0.318 e. The minimum atomic E-state index is -0.993. The van der Waals surface area contributed by atoms with Gasteiger partial charge in [0.15, 0.2) is 6.61 Å². The van der Waals surface area contributed by atoms with Crippen LogP contribution in [0.2, 0.25) is 0 Å². The van der Waals surface area contributed by atoms with E-state index >= 15 is 0 Å². The largest absolute Gasteiger partial charge is 0.464 e. The molecule has 0 bridgehead atoms. The van der Waals surface area contributed by atoms with E-state index in [2.05, 4.69) is 0 Å². The van der Waals surface area contributed by atoms with Crippen molar-refractivity contribution in [2.45, 2.75) is 20.3 Å². The number of furan rings is 1. The first-order valence-electron chi connectivity index (χ1n) is 6.59. The number of nitrogens with two attached hydrogens (primary N) is 1. The second kappa shape index (κ2) is 6.30. The van der Waals surface area contributed by atoms with Gasteiger partial charge in [-0.2, -0.15) is 0 Å². The van der Waals surface area contributed by atoms with E-state index < -0.39 is 24.5 Å². The van der Waals surface area contributed by atoms with Gasteiger partial charge in [0.1, 0.15) is 5.58 Å². The summed E-state index contributed by atoms with van der Waals surface area (Å²) in [5.74, 6) is -1.37. The van der Waals surface area contributed by atoms with Gasteiger partial charge in [0.05, 0.1) is 12.7 Å². The molecule has 2 rings (SSSR count). The molecule has 0 saturated heterocycles. The molecule has 7 heteroatoms. The van der Waals surface area contributed by atoms with Crippen molar-refractivity contribution < 1.29 is 23.5 Å². The molecule has 0 aliphatic rings. The monoisotopic (exact) mass is 304 g/mol. The van der Waals surface area contributed by atoms with Crippen LogP contribution in [0, 0.1) is 13.8 Å². The SMILES string of the molecule is Cc1cc2occ(CC(=O)OCC(=O)NC(N)=O)c2cc1C. The summed E-state index contributed by atoms with van der Waals surface area (Å²) in [7, 11) is 0. The van der Waals surface area contributed by atoms with E-state index in [1.165, 1.54) is 6.26 Å². The summed E-state index contributed by atoms with van der Waals surface area (Å²) in [5.41, 5.74) is 8.33. The normalized spacial score (nSPS) is 10.5. The number of nitrogens with one attached hydrogen (secondary N) is 1. The van der Waals surface area contributed by atoms with E-state index in [9.17, 15) is 14.4 Å². The van der Waals surface area contributed by atoms with Crippen molar-refractivity contribution in [1.29, 1.82) is 0 Å². The molecule has 0 fully saturated rings. The Labute approximate surface area is 126 Å². The fourth-order valence-corrected chi connectivity index (χ4v) is 2.00. The molecule has 3 N–H and O–H groups in total. The van der Waals surface area contributed by atoms with E-state index in [4.69, 9.17) is 14.9 Å². The van der Waals surface area contributed by atoms with Crippen molar-refractivity contribution in [3.8, 4) is 0 Å². The van der Waals surface area contributed by atoms with Gasteiger partial charge in [0, 0.05) is 10.9 Å². The first kappa shape index (κ1) is 15.6. The molecular formula is C15H16N2O5. The number of carbonyl (C=O) groups is 3. The number of rotatable bonds is 4. The first-order chi connectivity index (χ1) is 10.4. The van der Waals surface area contributed by atoms with E-state index in [0.717, 1.165) is 16.5 Å². The molecule has 1 aromatic heterocycles. The van der Waals surface area contributed by atoms with Gasteiger partial charge >= 0.3 is 12.0 Å². The van der Waals surface area contributed by atoms with Crippen LogP contribution < -0.4 is 11.1 Å². The number of imide groups is 1. The Morgan fingerprint density at radius 3 is 2.59 bits per heavy atom. The molecule has 0 aliphatic heterocycles. The van der Waals surface area contributed by atoms with Gasteiger partial charge < -0.3 is 14.9 Å². The average molecular weight is 304 g/mol. The fourth-order valence-electron chi connectivity index (χ4n) is 2.00. The summed E-state index contributed by atoms with van der Waals surface area (Å²) in [4.78, 5) is 33.3. The Bertz CT molecular complexity index is 748. The lowest BCUT2D eigenvalue weighted by Gasteiger charge is -2.04. The highest BCUT2D eigenvalue weighted by atomic mass is 16.5. The Kier molecular flexibility index (Phi) is 4.45. The Morgan fingerprint density at radius 1 is 1.23 bits per heavy atom. The molecule has 1 aromatic carbocycles. The molecular weight excluding hydrogens is 288 g/mol. The van der Waals surface area contributed by atoms with Crippen molar-refractivity contribution in [2.24, 2.45) is 5.73 Å². The van der Waals surface area contributed by atoms with Gasteiger partial charge in [0.25, 0.3) is 5.91 Å². The zero-order valence-corrected chi connectivity index (χ0v) is 12.3. The lowest BCUT2D eigenvalue weighted by Crippen LogP contribution is -2.37. The van der Waals surface area contributed by atoms with Crippen molar-refractivity contribution in [3.63, 3.8) is 0 Å². The van der Waals surface area contributed by atoms with Crippen LogP contribution in [-0.4, -0.2) is 24.5 Å². The lowest BCUT2D eigenvalue weighted by atomic mass is 10.0. The molecule has 1 heterocycles. The van der Waals surface area contributed by atoms with Gasteiger partial charge in [0.2, 0.25) is 0 Å². The van der Waals surface area contributed by atoms with Crippen LogP contribution in [0.4, 0.5) is 4.79 Å². The second-order valence-corrected chi connectivity index (χ2v) is 4.94. The van der Waals surface area contributed by atoms with Crippen molar-refractivity contribution >= 4 is 28.9 Å². The molecule has 22 heavy (non-hydrogen) atoms. The number of aryl methyl sites for hydroxylation is 2. The molecule has 116 valence electrons. The summed E-state index contributed by atoms with van der Waals surface area (Å²) in [6.45, 7) is 3.39. The Hall–Kier alpha value is -2.83. The molecule has 2 aromatic rings. The predicted octanol–water partition coefficient (Wildman–Crippen LogP) is 1.33. The molecule has 0 spiro atoms. The Balaban J connectivity index is 2.02. The van der Waals surface area contributed by atoms with E-state index in [1.807, 2.05) is 26.0 Å². The van der Waals surface area contributed by atoms with Crippen LogP contribution in [0.5, 0.6) is 0 Å². The minimum Gasteiger partial charge on any atom is -0.464 e. The van der Waals surface area contributed by atoms with E-state index in [1.54, 1.807) is 5.32 Å². The number of amides is 3. The molecule has 0 atom stereocenters. The third kappa shape index (κ3) is 3.63. The quantitative estimate of drug-likeness (QED) is 0.828. The Morgan fingerprint density at radius 2 is 1.91 bits per heavy atom.